The molecular weight excluding hydrogens is 845 g/mol. The second-order valence-corrected chi connectivity index (χ2v) is 21.3. The lowest BCUT2D eigenvalue weighted by Crippen LogP contribution is -2.48. The maximum Gasteiger partial charge on any atom is 0.309 e. The van der Waals surface area contributed by atoms with Gasteiger partial charge in [-0.15, -0.1) is 0 Å². The minimum Gasteiger partial charge on any atom is -0.460 e. The van der Waals surface area contributed by atoms with E-state index in [1.54, 1.807) is 33.9 Å². The molecule has 4 fully saturated rings. The van der Waals surface area contributed by atoms with Gasteiger partial charge in [0.2, 0.25) is 17.7 Å². The number of esters is 1. The number of aromatic nitrogens is 4. The van der Waals surface area contributed by atoms with Gasteiger partial charge in [0.1, 0.15) is 40.1 Å². The van der Waals surface area contributed by atoms with Gasteiger partial charge in [-0.1, -0.05) is 57.9 Å². The number of imidazole rings is 1. The maximum absolute atomic E-state index is 14.6. The number of ether oxygens (including phenoxy) is 2. The van der Waals surface area contributed by atoms with E-state index in [1.807, 2.05) is 63.6 Å². The fourth-order valence-corrected chi connectivity index (χ4v) is 9.87. The molecule has 15 nitrogen and oxygen atoms in total. The summed E-state index contributed by atoms with van der Waals surface area (Å²) in [5.74, 6) is -2.17. The summed E-state index contributed by atoms with van der Waals surface area (Å²) in [6, 6.07) is 5.33. The van der Waals surface area contributed by atoms with Crippen LogP contribution in [0.15, 0.2) is 42.7 Å². The van der Waals surface area contributed by atoms with E-state index < -0.39 is 52.4 Å². The minimum atomic E-state index is -1.33. The molecule has 65 heavy (non-hydrogen) atoms. The predicted octanol–water partition coefficient (Wildman–Crippen LogP) is 8.34. The monoisotopic (exact) mass is 923 g/mol. The molecule has 2 aliphatic carbocycles. The zero-order valence-corrected chi connectivity index (χ0v) is 40.8. The second kappa shape index (κ2) is 21.2. The summed E-state index contributed by atoms with van der Waals surface area (Å²) in [6.07, 6.45) is 15.8. The van der Waals surface area contributed by atoms with Crippen molar-refractivity contribution in [2.45, 2.75) is 161 Å². The number of primary amides is 1. The highest BCUT2D eigenvalue weighted by Crippen LogP contribution is 2.43. The second-order valence-electron chi connectivity index (χ2n) is 19.6. The van der Waals surface area contributed by atoms with E-state index >= 15 is 0 Å². The Morgan fingerprint density at radius 3 is 2.38 bits per heavy atom. The SMILES string of the molecule is CC.CC(C(=O)OC(C)(C)C)[C@@H](CCCCC/C=C\[C@@H]1C[C@@H]1C(=O)NS(=O)C1(C)CC1)C(=O)N1C[C@H](Oc2nc3c(-c4cnc(N5CCCC5)cn4)cccc3n2C(C)C)C[C@H]1C(N)=O.[HH].[HH].[HH]. The van der Waals surface area contributed by atoms with E-state index in [2.05, 4.69) is 21.8 Å². The summed E-state index contributed by atoms with van der Waals surface area (Å²) in [7, 11) is -1.33. The molecule has 4 heterocycles. The lowest BCUT2D eigenvalue weighted by atomic mass is 9.87. The molecule has 1 aromatic carbocycles. The zero-order chi connectivity index (χ0) is 47.2. The van der Waals surface area contributed by atoms with Gasteiger partial charge in [-0.05, 0) is 105 Å². The van der Waals surface area contributed by atoms with E-state index in [1.165, 1.54) is 4.90 Å². The number of carbonyl (C=O) groups excluding carboxylic acids is 4. The van der Waals surface area contributed by atoms with Gasteiger partial charge < -0.3 is 25.0 Å². The maximum atomic E-state index is 14.6. The van der Waals surface area contributed by atoms with Gasteiger partial charge in [0.15, 0.2) is 0 Å². The molecule has 2 saturated carbocycles. The molecule has 3 amide bonds. The molecule has 4 aliphatic rings. The van der Waals surface area contributed by atoms with Crippen molar-refractivity contribution in [3.05, 3.63) is 42.7 Å². The molecule has 3 N–H and O–H groups in total. The first-order valence-corrected chi connectivity index (χ1v) is 25.1. The summed E-state index contributed by atoms with van der Waals surface area (Å²) in [4.78, 5) is 71.9. The molecule has 2 aliphatic heterocycles. The van der Waals surface area contributed by atoms with Gasteiger partial charge in [0.25, 0.3) is 6.01 Å². The number of hydrogen-bond donors (Lipinski definition) is 2. The Balaban J connectivity index is 0.00000242. The van der Waals surface area contributed by atoms with Crippen molar-refractivity contribution in [3.63, 3.8) is 0 Å². The highest BCUT2D eigenvalue weighted by atomic mass is 32.2. The van der Waals surface area contributed by atoms with Crippen molar-refractivity contribution < 1.29 is 37.1 Å². The highest BCUT2D eigenvalue weighted by Gasteiger charge is 2.48. The number of likely N-dealkylation sites (tertiary alicyclic amines) is 1. The number of nitrogens with one attached hydrogen (secondary N) is 1. The minimum absolute atomic E-state index is 0. The molecule has 2 saturated heterocycles. The smallest absolute Gasteiger partial charge is 0.309 e. The molecule has 0 spiro atoms. The molecule has 2 unspecified atom stereocenters. The number of amides is 3. The number of nitrogens with zero attached hydrogens (tertiary/aromatic N) is 6. The fraction of sp³-hybridized carbons (Fsp3) is 0.653. The number of hydrogen-bond acceptors (Lipinski definition) is 11. The van der Waals surface area contributed by atoms with Gasteiger partial charge in [-0.2, -0.15) is 4.98 Å². The third-order valence-electron chi connectivity index (χ3n) is 12.9. The first kappa shape index (κ1) is 49.6. The Hall–Kier alpha value is -4.86. The van der Waals surface area contributed by atoms with Crippen LogP contribution in [-0.4, -0.2) is 94.4 Å². The van der Waals surface area contributed by atoms with Crippen LogP contribution in [-0.2, 0) is 34.9 Å². The number of para-hydroxylation sites is 1. The lowest BCUT2D eigenvalue weighted by molar-refractivity contribution is -0.164. The van der Waals surface area contributed by atoms with Gasteiger partial charge in [-0.25, -0.2) is 9.19 Å². The Morgan fingerprint density at radius 2 is 1.75 bits per heavy atom. The molecule has 7 atom stereocenters. The molecule has 3 aromatic rings. The standard InChI is InChI=1S/C47H66N8O7S.C2H6.3H2/c1-29(2)55-37-19-15-18-34(36-26-50-39(27-49-36)53-22-13-14-23-53)40(37)51-45(55)61-32-25-38(41(48)56)54(28-32)43(58)33(30(3)44(59)62-46(4,5)6)17-12-10-8-9-11-16-31-24-35(31)42(57)52-63(60)47(7)20-21-47;1-2;;;/h11,15-16,18-19,26-27,29-33,35,38H,8-10,12-14,17,20-25,28H2,1-7H3,(H2,48,56)(H,52,57);1-2H3;3*1H/b16-11-;;;;/t30?,31-,32-,33-,35+,38+,63?;;;;/m1..../s1. The van der Waals surface area contributed by atoms with Crippen LogP contribution >= 0.6 is 0 Å². The lowest BCUT2D eigenvalue weighted by Gasteiger charge is -2.31. The first-order chi connectivity index (χ1) is 30.9. The van der Waals surface area contributed by atoms with Crippen LogP contribution in [0.1, 0.15) is 143 Å². The fourth-order valence-electron chi connectivity index (χ4n) is 8.81. The van der Waals surface area contributed by atoms with Crippen LogP contribution in [0.5, 0.6) is 6.01 Å². The van der Waals surface area contributed by atoms with Crippen molar-refractivity contribution >= 4 is 51.5 Å². The van der Waals surface area contributed by atoms with Gasteiger partial charge in [0.05, 0.1) is 46.7 Å². The molecular formula is C49H78N8O7S. The number of carbonyl (C=O) groups is 4. The normalized spacial score (nSPS) is 22.6. The number of fused-ring (bicyclic) bond motifs is 1. The number of rotatable bonds is 19. The Labute approximate surface area is 392 Å². The summed E-state index contributed by atoms with van der Waals surface area (Å²) in [5.41, 5.74) is 8.32. The number of anilines is 1. The molecule has 16 heteroatoms. The van der Waals surface area contributed by atoms with Gasteiger partial charge >= 0.3 is 5.97 Å². The summed E-state index contributed by atoms with van der Waals surface area (Å²) < 4.78 is 29.2. The average molecular weight is 923 g/mol. The van der Waals surface area contributed by atoms with E-state index in [0.29, 0.717) is 30.1 Å². The number of nitrogens with two attached hydrogens (primary N) is 1. The largest absolute Gasteiger partial charge is 0.460 e. The van der Waals surface area contributed by atoms with Crippen molar-refractivity contribution in [1.29, 1.82) is 0 Å². The van der Waals surface area contributed by atoms with Crippen LogP contribution in [0.3, 0.4) is 0 Å². The van der Waals surface area contributed by atoms with Crippen molar-refractivity contribution in [2.75, 3.05) is 24.5 Å². The number of allylic oxidation sites excluding steroid dienone is 2. The average Bonchev–Trinajstić information content (AvgIpc) is 3.99. The number of unbranched alkanes of at least 4 members (excludes halogenated alkanes) is 3. The summed E-state index contributed by atoms with van der Waals surface area (Å²) in [5, 5.41) is 0. The van der Waals surface area contributed by atoms with E-state index in [4.69, 9.17) is 30.2 Å². The predicted molar refractivity (Wildman–Crippen MR) is 260 cm³/mol. The van der Waals surface area contributed by atoms with Crippen LogP contribution in [0.25, 0.3) is 22.3 Å². The van der Waals surface area contributed by atoms with Crippen LogP contribution in [0, 0.1) is 23.7 Å². The van der Waals surface area contributed by atoms with Crippen molar-refractivity contribution in [3.8, 4) is 17.3 Å². The topological polar surface area (TPSA) is 192 Å². The first-order valence-electron chi connectivity index (χ1n) is 23.9. The third-order valence-corrected chi connectivity index (χ3v) is 14.6. The zero-order valence-electron chi connectivity index (χ0n) is 40.0. The Kier molecular flexibility index (Phi) is 16.2. The summed E-state index contributed by atoms with van der Waals surface area (Å²) >= 11 is 0. The van der Waals surface area contributed by atoms with E-state index in [9.17, 15) is 23.4 Å². The van der Waals surface area contributed by atoms with E-state index in [0.717, 1.165) is 81.4 Å². The molecule has 0 bridgehead atoms. The molecule has 2 aromatic heterocycles. The Morgan fingerprint density at radius 1 is 1.03 bits per heavy atom. The quantitative estimate of drug-likeness (QED) is 0.0667. The molecule has 0 radical (unpaired) electrons. The number of benzene rings is 1. The van der Waals surface area contributed by atoms with Crippen LogP contribution < -0.4 is 20.1 Å². The Bertz CT molecular complexity index is 2230. The molecule has 362 valence electrons. The third kappa shape index (κ3) is 12.1. The summed E-state index contributed by atoms with van der Waals surface area (Å²) in [6.45, 7) is 19.2. The van der Waals surface area contributed by atoms with Crippen molar-refractivity contribution in [1.82, 2.24) is 29.1 Å². The van der Waals surface area contributed by atoms with Gasteiger partial charge in [0, 0.05) is 41.3 Å². The molecule has 7 rings (SSSR count). The van der Waals surface area contributed by atoms with E-state index in [-0.39, 0.29) is 51.7 Å². The van der Waals surface area contributed by atoms with Gasteiger partial charge in [-0.3, -0.25) is 33.5 Å². The highest BCUT2D eigenvalue weighted by molar-refractivity contribution is 7.85. The van der Waals surface area contributed by atoms with Crippen LogP contribution in [0.2, 0.25) is 0 Å². The van der Waals surface area contributed by atoms with Crippen LogP contribution in [0.4, 0.5) is 5.82 Å². The van der Waals surface area contributed by atoms with Crippen molar-refractivity contribution in [2.24, 2.45) is 29.4 Å².